The molecule has 0 amide bonds. The highest BCUT2D eigenvalue weighted by molar-refractivity contribution is 4.35. The molecule has 0 aromatic heterocycles. The van der Waals surface area contributed by atoms with Crippen molar-refractivity contribution in [3.63, 3.8) is 0 Å². The minimum absolute atomic E-state index is 0.0278. The van der Waals surface area contributed by atoms with E-state index in [1.807, 2.05) is 6.92 Å². The summed E-state index contributed by atoms with van der Waals surface area (Å²) < 4.78 is 9.62. The minimum Gasteiger partial charge on any atom is -0.394 e. The first kappa shape index (κ1) is 18.2. The van der Waals surface area contributed by atoms with Crippen LogP contribution in [0.5, 0.6) is 0 Å². The van der Waals surface area contributed by atoms with Crippen molar-refractivity contribution >= 4 is 0 Å². The Labute approximate surface area is 98.0 Å². The van der Waals surface area contributed by atoms with Gasteiger partial charge < -0.3 is 24.8 Å². The predicted octanol–water partition coefficient (Wildman–Crippen LogP) is 0.519. The molecule has 0 aliphatic rings. The fraction of sp³-hybridized carbons (Fsp3) is 1.00. The van der Waals surface area contributed by atoms with Crippen LogP contribution in [0.3, 0.4) is 0 Å². The number of hydrogen-bond acceptors (Lipinski definition) is 5. The van der Waals surface area contributed by atoms with Crippen LogP contribution in [0.2, 0.25) is 0 Å². The summed E-state index contributed by atoms with van der Waals surface area (Å²) in [6, 6.07) is 0. The van der Waals surface area contributed by atoms with Crippen LogP contribution in [0, 0.1) is 0 Å². The Hall–Kier alpha value is -0.200. The van der Waals surface area contributed by atoms with Crippen molar-refractivity contribution in [2.75, 3.05) is 33.0 Å². The second-order valence-electron chi connectivity index (χ2n) is 3.15. The third-order valence-corrected chi connectivity index (χ3v) is 1.63. The van der Waals surface area contributed by atoms with Gasteiger partial charge in [-0.05, 0) is 12.8 Å². The normalized spacial score (nSPS) is 11.8. The van der Waals surface area contributed by atoms with Gasteiger partial charge in [0.15, 0.2) is 6.29 Å². The molecule has 0 aromatic carbocycles. The van der Waals surface area contributed by atoms with E-state index in [-0.39, 0.29) is 13.2 Å². The van der Waals surface area contributed by atoms with Crippen LogP contribution in [0.15, 0.2) is 0 Å². The van der Waals surface area contributed by atoms with Crippen molar-refractivity contribution in [1.82, 2.24) is 0 Å². The first-order chi connectivity index (χ1) is 7.72. The Morgan fingerprint density at radius 1 is 1.00 bits per heavy atom. The molecule has 0 aliphatic heterocycles. The third-order valence-electron chi connectivity index (χ3n) is 1.63. The third kappa shape index (κ3) is 19.4. The molecular weight excluding hydrogens is 212 g/mol. The van der Waals surface area contributed by atoms with E-state index < -0.39 is 6.29 Å². The number of ether oxygens (including phenoxy) is 2. The fourth-order valence-electron chi connectivity index (χ4n) is 0.713. The smallest absolute Gasteiger partial charge is 0.154 e. The molecular formula is C11H26O5. The van der Waals surface area contributed by atoms with Gasteiger partial charge in [-0.1, -0.05) is 20.3 Å². The summed E-state index contributed by atoms with van der Waals surface area (Å²) >= 11 is 0. The maximum Gasteiger partial charge on any atom is 0.154 e. The molecule has 1 unspecified atom stereocenters. The summed E-state index contributed by atoms with van der Waals surface area (Å²) in [5.74, 6) is 0. The first-order valence-electron chi connectivity index (χ1n) is 5.81. The lowest BCUT2D eigenvalue weighted by Crippen LogP contribution is -2.10. The molecule has 0 aromatic rings. The lowest BCUT2D eigenvalue weighted by molar-refractivity contribution is -0.101. The Morgan fingerprint density at radius 3 is 1.94 bits per heavy atom. The van der Waals surface area contributed by atoms with Gasteiger partial charge in [0.2, 0.25) is 0 Å². The lowest BCUT2D eigenvalue weighted by atomic mass is 10.4. The van der Waals surface area contributed by atoms with Gasteiger partial charge in [0, 0.05) is 6.61 Å². The van der Waals surface area contributed by atoms with Gasteiger partial charge in [-0.25, -0.2) is 0 Å². The zero-order chi connectivity index (χ0) is 12.6. The molecule has 0 saturated carbocycles. The van der Waals surface area contributed by atoms with Crippen molar-refractivity contribution in [2.24, 2.45) is 0 Å². The summed E-state index contributed by atoms with van der Waals surface area (Å²) in [5, 5.41) is 25.0. The van der Waals surface area contributed by atoms with E-state index in [4.69, 9.17) is 20.1 Å². The largest absolute Gasteiger partial charge is 0.394 e. The molecule has 0 rings (SSSR count). The van der Waals surface area contributed by atoms with E-state index in [0.29, 0.717) is 26.2 Å². The van der Waals surface area contributed by atoms with Gasteiger partial charge >= 0.3 is 0 Å². The highest BCUT2D eigenvalue weighted by Gasteiger charge is 1.96. The van der Waals surface area contributed by atoms with Gasteiger partial charge in [-0.2, -0.15) is 0 Å². The van der Waals surface area contributed by atoms with Gasteiger partial charge in [0.25, 0.3) is 0 Å². The van der Waals surface area contributed by atoms with Crippen LogP contribution in [0.1, 0.15) is 33.1 Å². The summed E-state index contributed by atoms with van der Waals surface area (Å²) in [6.45, 7) is 5.38. The van der Waals surface area contributed by atoms with Crippen LogP contribution in [-0.2, 0) is 9.47 Å². The maximum absolute atomic E-state index is 8.86. The number of aliphatic hydroxyl groups excluding tert-OH is 3. The maximum atomic E-state index is 8.86. The molecule has 0 aliphatic carbocycles. The standard InChI is InChI=1S/C7H16O2.C4H10O3/c1-3-5-6-9-7(8)4-2;5-1-3-7-4-2-6/h7-8H,3-6H2,1-2H3;5-6H,1-4H2. The van der Waals surface area contributed by atoms with Crippen LogP contribution in [0.25, 0.3) is 0 Å². The summed E-state index contributed by atoms with van der Waals surface area (Å²) in [6.07, 6.45) is 2.30. The molecule has 100 valence electrons. The zero-order valence-corrected chi connectivity index (χ0v) is 10.4. The van der Waals surface area contributed by atoms with Gasteiger partial charge in [-0.3, -0.25) is 0 Å². The van der Waals surface area contributed by atoms with Crippen LogP contribution < -0.4 is 0 Å². The number of rotatable bonds is 9. The zero-order valence-electron chi connectivity index (χ0n) is 10.4. The van der Waals surface area contributed by atoms with Crippen molar-refractivity contribution < 1.29 is 24.8 Å². The Kier molecular flexibility index (Phi) is 19.5. The monoisotopic (exact) mass is 238 g/mol. The van der Waals surface area contributed by atoms with Crippen LogP contribution >= 0.6 is 0 Å². The summed E-state index contributed by atoms with van der Waals surface area (Å²) in [4.78, 5) is 0. The topological polar surface area (TPSA) is 79.2 Å². The Balaban J connectivity index is 0. The lowest BCUT2D eigenvalue weighted by Gasteiger charge is -2.07. The number of aliphatic hydroxyl groups is 3. The predicted molar refractivity (Wildman–Crippen MR) is 62.1 cm³/mol. The van der Waals surface area contributed by atoms with E-state index in [9.17, 15) is 0 Å². The van der Waals surface area contributed by atoms with E-state index >= 15 is 0 Å². The van der Waals surface area contributed by atoms with Crippen LogP contribution in [0.4, 0.5) is 0 Å². The average molecular weight is 238 g/mol. The molecule has 0 heterocycles. The molecule has 0 saturated heterocycles. The molecule has 5 nitrogen and oxygen atoms in total. The summed E-state index contributed by atoms with van der Waals surface area (Å²) in [7, 11) is 0. The fourth-order valence-corrected chi connectivity index (χ4v) is 0.713. The second kappa shape index (κ2) is 17.2. The van der Waals surface area contributed by atoms with Crippen molar-refractivity contribution in [1.29, 1.82) is 0 Å². The van der Waals surface area contributed by atoms with Crippen molar-refractivity contribution in [3.8, 4) is 0 Å². The van der Waals surface area contributed by atoms with E-state index in [1.54, 1.807) is 0 Å². The van der Waals surface area contributed by atoms with Gasteiger partial charge in [-0.15, -0.1) is 0 Å². The number of unbranched alkanes of at least 4 members (excludes halogenated alkanes) is 1. The van der Waals surface area contributed by atoms with Crippen LogP contribution in [-0.4, -0.2) is 54.6 Å². The molecule has 3 N–H and O–H groups in total. The molecule has 0 spiro atoms. The Bertz CT molecular complexity index is 107. The molecule has 0 fully saturated rings. The molecule has 16 heavy (non-hydrogen) atoms. The van der Waals surface area contributed by atoms with Gasteiger partial charge in [0.1, 0.15) is 0 Å². The average Bonchev–Trinajstić information content (AvgIpc) is 2.31. The Morgan fingerprint density at radius 2 is 1.56 bits per heavy atom. The van der Waals surface area contributed by atoms with E-state index in [1.165, 1.54) is 0 Å². The molecule has 0 radical (unpaired) electrons. The quantitative estimate of drug-likeness (QED) is 0.403. The SMILES string of the molecule is CCCCOC(O)CC.OCCOCCO. The number of hydrogen-bond donors (Lipinski definition) is 3. The summed E-state index contributed by atoms with van der Waals surface area (Å²) in [5.41, 5.74) is 0. The first-order valence-corrected chi connectivity index (χ1v) is 5.81. The molecule has 0 bridgehead atoms. The molecule has 1 atom stereocenters. The van der Waals surface area contributed by atoms with E-state index in [2.05, 4.69) is 11.7 Å². The van der Waals surface area contributed by atoms with Crippen molar-refractivity contribution in [2.45, 2.75) is 39.4 Å². The van der Waals surface area contributed by atoms with Gasteiger partial charge in [0.05, 0.1) is 26.4 Å². The highest BCUT2D eigenvalue weighted by atomic mass is 16.6. The molecule has 5 heteroatoms. The second-order valence-corrected chi connectivity index (χ2v) is 3.15. The van der Waals surface area contributed by atoms with Crippen molar-refractivity contribution in [3.05, 3.63) is 0 Å². The van der Waals surface area contributed by atoms with E-state index in [0.717, 1.165) is 12.8 Å². The minimum atomic E-state index is -0.545. The highest BCUT2D eigenvalue weighted by Crippen LogP contribution is 1.95.